The molecule has 0 radical (unpaired) electrons. The second kappa shape index (κ2) is 6.68. The van der Waals surface area contributed by atoms with Crippen molar-refractivity contribution in [2.75, 3.05) is 23.9 Å². The van der Waals surface area contributed by atoms with Crippen LogP contribution < -0.4 is 10.6 Å². The highest BCUT2D eigenvalue weighted by Crippen LogP contribution is 2.22. The van der Waals surface area contributed by atoms with Gasteiger partial charge >= 0.3 is 0 Å². The minimum absolute atomic E-state index is 0.186. The van der Waals surface area contributed by atoms with E-state index in [0.29, 0.717) is 10.6 Å². The van der Waals surface area contributed by atoms with Crippen molar-refractivity contribution in [3.63, 3.8) is 0 Å². The Balaban J connectivity index is 2.20. The molecule has 0 bridgehead atoms. The van der Waals surface area contributed by atoms with Crippen molar-refractivity contribution in [3.8, 4) is 0 Å². The van der Waals surface area contributed by atoms with Crippen molar-refractivity contribution in [3.05, 3.63) is 53.1 Å². The summed E-state index contributed by atoms with van der Waals surface area (Å²) in [6.07, 6.45) is 2.01. The monoisotopic (exact) mass is 306 g/mol. The third-order valence-corrected chi connectivity index (χ3v) is 3.82. The predicted molar refractivity (Wildman–Crippen MR) is 87.2 cm³/mol. The van der Waals surface area contributed by atoms with E-state index in [0.717, 1.165) is 16.3 Å². The van der Waals surface area contributed by atoms with E-state index in [1.165, 1.54) is 0 Å². The third kappa shape index (κ3) is 3.46. The first-order chi connectivity index (χ1) is 9.63. The molecule has 0 spiro atoms. The molecule has 0 aromatic heterocycles. The molecular formula is C15H15ClN2OS. The molecule has 3 nitrogen and oxygen atoms in total. The first kappa shape index (κ1) is 14.8. The Morgan fingerprint density at radius 1 is 1.15 bits per heavy atom. The van der Waals surface area contributed by atoms with Gasteiger partial charge in [-0.05, 0) is 48.7 Å². The third-order valence-electron chi connectivity index (χ3n) is 2.84. The Labute approximate surface area is 127 Å². The molecule has 5 heteroatoms. The van der Waals surface area contributed by atoms with Gasteiger partial charge in [0.1, 0.15) is 0 Å². The van der Waals surface area contributed by atoms with E-state index in [4.69, 9.17) is 11.6 Å². The second-order valence-electron chi connectivity index (χ2n) is 4.12. The highest BCUT2D eigenvalue weighted by molar-refractivity contribution is 7.98. The largest absolute Gasteiger partial charge is 0.387 e. The smallest absolute Gasteiger partial charge is 0.257 e. The summed E-state index contributed by atoms with van der Waals surface area (Å²) >= 11 is 7.61. The van der Waals surface area contributed by atoms with E-state index in [2.05, 4.69) is 10.6 Å². The minimum Gasteiger partial charge on any atom is -0.387 e. The zero-order valence-electron chi connectivity index (χ0n) is 11.2. The lowest BCUT2D eigenvalue weighted by atomic mass is 10.1. The Morgan fingerprint density at radius 2 is 1.85 bits per heavy atom. The predicted octanol–water partition coefficient (Wildman–Crippen LogP) is 4.36. The molecule has 0 aliphatic carbocycles. The van der Waals surface area contributed by atoms with Gasteiger partial charge in [0.2, 0.25) is 0 Å². The number of hydrogen-bond donors (Lipinski definition) is 2. The Hall–Kier alpha value is -1.65. The van der Waals surface area contributed by atoms with E-state index < -0.39 is 0 Å². The summed E-state index contributed by atoms with van der Waals surface area (Å²) in [6, 6.07) is 12.9. The maximum Gasteiger partial charge on any atom is 0.257 e. The first-order valence-electron chi connectivity index (χ1n) is 6.06. The van der Waals surface area contributed by atoms with Gasteiger partial charge in [0.25, 0.3) is 5.91 Å². The topological polar surface area (TPSA) is 41.1 Å². The lowest BCUT2D eigenvalue weighted by Gasteiger charge is -2.10. The average Bonchev–Trinajstić information content (AvgIpc) is 2.48. The molecule has 2 aromatic rings. The van der Waals surface area contributed by atoms with Crippen LogP contribution in [0.3, 0.4) is 0 Å². The van der Waals surface area contributed by atoms with Gasteiger partial charge < -0.3 is 10.6 Å². The van der Waals surface area contributed by atoms with Crippen LogP contribution in [-0.4, -0.2) is 19.2 Å². The van der Waals surface area contributed by atoms with Crippen molar-refractivity contribution in [1.29, 1.82) is 0 Å². The van der Waals surface area contributed by atoms with Crippen LogP contribution in [0.25, 0.3) is 0 Å². The van der Waals surface area contributed by atoms with Gasteiger partial charge in [-0.2, -0.15) is 0 Å². The number of carbonyl (C=O) groups is 1. The van der Waals surface area contributed by atoms with E-state index in [-0.39, 0.29) is 5.91 Å². The fourth-order valence-corrected chi connectivity index (χ4v) is 2.38. The molecule has 0 aliphatic rings. The molecule has 104 valence electrons. The summed E-state index contributed by atoms with van der Waals surface area (Å²) in [5.41, 5.74) is 2.02. The summed E-state index contributed by atoms with van der Waals surface area (Å²) in [4.78, 5) is 13.4. The number of halogens is 1. The molecule has 0 unspecified atom stereocenters. The number of carbonyl (C=O) groups excluding carboxylic acids is 1. The number of hydrogen-bond acceptors (Lipinski definition) is 3. The van der Waals surface area contributed by atoms with Crippen LogP contribution in [0.4, 0.5) is 11.4 Å². The zero-order valence-corrected chi connectivity index (χ0v) is 12.8. The van der Waals surface area contributed by atoms with Crippen molar-refractivity contribution in [2.45, 2.75) is 4.90 Å². The fourth-order valence-electron chi connectivity index (χ4n) is 1.80. The second-order valence-corrected chi connectivity index (χ2v) is 5.44. The Kier molecular flexibility index (Phi) is 4.93. The quantitative estimate of drug-likeness (QED) is 0.825. The van der Waals surface area contributed by atoms with Gasteiger partial charge in [-0.3, -0.25) is 4.79 Å². The van der Waals surface area contributed by atoms with E-state index in [1.807, 2.05) is 30.5 Å². The molecule has 0 saturated heterocycles. The average molecular weight is 307 g/mol. The molecule has 0 aliphatic heterocycles. The van der Waals surface area contributed by atoms with Crippen LogP contribution in [0.1, 0.15) is 10.4 Å². The maximum absolute atomic E-state index is 12.3. The van der Waals surface area contributed by atoms with Gasteiger partial charge in [-0.25, -0.2) is 0 Å². The number of benzene rings is 2. The molecule has 1 amide bonds. The normalized spacial score (nSPS) is 10.2. The lowest BCUT2D eigenvalue weighted by molar-refractivity contribution is 0.102. The fraction of sp³-hybridized carbons (Fsp3) is 0.133. The van der Waals surface area contributed by atoms with Crippen LogP contribution in [0.2, 0.25) is 5.02 Å². The SMILES string of the molecule is CNc1ccc(Cl)cc1C(=O)Nc1ccc(SC)cc1. The van der Waals surface area contributed by atoms with Crippen molar-refractivity contribution in [1.82, 2.24) is 0 Å². The molecule has 2 rings (SSSR count). The van der Waals surface area contributed by atoms with Crippen LogP contribution in [0, 0.1) is 0 Å². The highest BCUT2D eigenvalue weighted by Gasteiger charge is 2.11. The summed E-state index contributed by atoms with van der Waals surface area (Å²) in [6.45, 7) is 0. The minimum atomic E-state index is -0.186. The van der Waals surface area contributed by atoms with Gasteiger partial charge in [0, 0.05) is 28.3 Å². The van der Waals surface area contributed by atoms with Crippen molar-refractivity contribution >= 4 is 40.6 Å². The van der Waals surface area contributed by atoms with Gasteiger partial charge in [-0.1, -0.05) is 11.6 Å². The molecule has 0 atom stereocenters. The van der Waals surface area contributed by atoms with Crippen molar-refractivity contribution in [2.24, 2.45) is 0 Å². The Morgan fingerprint density at radius 3 is 2.45 bits per heavy atom. The number of anilines is 2. The summed E-state index contributed by atoms with van der Waals surface area (Å²) in [5.74, 6) is -0.186. The molecule has 2 N–H and O–H groups in total. The molecule has 2 aromatic carbocycles. The maximum atomic E-state index is 12.3. The number of amides is 1. The number of thioether (sulfide) groups is 1. The van der Waals surface area contributed by atoms with E-state index in [1.54, 1.807) is 37.0 Å². The summed E-state index contributed by atoms with van der Waals surface area (Å²) in [5, 5.41) is 6.38. The molecule has 0 fully saturated rings. The molecule has 20 heavy (non-hydrogen) atoms. The molecule has 0 saturated carbocycles. The number of rotatable bonds is 4. The van der Waals surface area contributed by atoms with E-state index in [9.17, 15) is 4.79 Å². The number of nitrogens with one attached hydrogen (secondary N) is 2. The van der Waals surface area contributed by atoms with Gasteiger partial charge in [0.05, 0.1) is 5.56 Å². The molecular weight excluding hydrogens is 292 g/mol. The standard InChI is InChI=1S/C15H15ClN2OS/c1-17-14-8-3-10(16)9-13(14)15(19)18-11-4-6-12(20-2)7-5-11/h3-9,17H,1-2H3,(H,18,19). The van der Waals surface area contributed by atoms with Gasteiger partial charge in [0.15, 0.2) is 0 Å². The van der Waals surface area contributed by atoms with Gasteiger partial charge in [-0.15, -0.1) is 11.8 Å². The highest BCUT2D eigenvalue weighted by atomic mass is 35.5. The zero-order chi connectivity index (χ0) is 14.5. The molecule has 0 heterocycles. The Bertz CT molecular complexity index is 614. The van der Waals surface area contributed by atoms with Crippen molar-refractivity contribution < 1.29 is 4.79 Å². The van der Waals surface area contributed by atoms with Crippen LogP contribution in [0.5, 0.6) is 0 Å². The lowest BCUT2D eigenvalue weighted by Crippen LogP contribution is -2.14. The van der Waals surface area contributed by atoms with Crippen LogP contribution in [0.15, 0.2) is 47.4 Å². The van der Waals surface area contributed by atoms with Crippen LogP contribution >= 0.6 is 23.4 Å². The van der Waals surface area contributed by atoms with E-state index >= 15 is 0 Å². The van der Waals surface area contributed by atoms with Crippen LogP contribution in [-0.2, 0) is 0 Å². The summed E-state index contributed by atoms with van der Waals surface area (Å²) < 4.78 is 0. The summed E-state index contributed by atoms with van der Waals surface area (Å²) in [7, 11) is 1.77. The first-order valence-corrected chi connectivity index (χ1v) is 7.67.